The number of nitrogens with zero attached hydrogens (tertiary/aromatic N) is 2. The van der Waals surface area contributed by atoms with Crippen molar-refractivity contribution in [3.63, 3.8) is 0 Å². The topological polar surface area (TPSA) is 88.4 Å². The maximum Gasteiger partial charge on any atom is 0.313 e. The van der Waals surface area contributed by atoms with Gasteiger partial charge in [0.25, 0.3) is 0 Å². The van der Waals surface area contributed by atoms with Crippen LogP contribution in [0.4, 0.5) is 0 Å². The Morgan fingerprint density at radius 2 is 1.71 bits per heavy atom. The number of rotatable bonds is 6. The van der Waals surface area contributed by atoms with Gasteiger partial charge in [-0.3, -0.25) is 19.5 Å². The highest BCUT2D eigenvalue weighted by Gasteiger charge is 2.27. The largest absolute Gasteiger partial charge is 0.503 e. The Morgan fingerprint density at radius 1 is 1.09 bits per heavy atom. The van der Waals surface area contributed by atoms with Gasteiger partial charge in [0.05, 0.1) is 31.9 Å². The zero-order chi connectivity index (χ0) is 24.6. The summed E-state index contributed by atoms with van der Waals surface area (Å²) in [6, 6.07) is 15.6. The average molecular weight is 473 g/mol. The third kappa shape index (κ3) is 6.44. The fourth-order valence-corrected chi connectivity index (χ4v) is 4.03. The molecule has 1 saturated heterocycles. The number of hydrogen-bond acceptors (Lipinski definition) is 7. The van der Waals surface area contributed by atoms with Crippen LogP contribution in [-0.2, 0) is 25.6 Å². The molecule has 1 N–H and O–H groups in total. The summed E-state index contributed by atoms with van der Waals surface area (Å²) in [6.07, 6.45) is 1.57. The second-order valence-corrected chi connectivity index (χ2v) is 8.47. The van der Waals surface area contributed by atoms with Crippen molar-refractivity contribution in [2.24, 2.45) is 4.99 Å². The number of aliphatic hydroxyl groups excluding tert-OH is 1. The van der Waals surface area contributed by atoms with E-state index in [0.29, 0.717) is 5.56 Å². The quantitative estimate of drug-likeness (QED) is 0.512. The van der Waals surface area contributed by atoms with Crippen LogP contribution in [0.3, 0.4) is 0 Å². The van der Waals surface area contributed by atoms with E-state index >= 15 is 0 Å². The van der Waals surface area contributed by atoms with Crippen LogP contribution in [-0.4, -0.2) is 61.4 Å². The van der Waals surface area contributed by atoms with Crippen molar-refractivity contribution >= 4 is 18.0 Å². The van der Waals surface area contributed by atoms with E-state index in [9.17, 15) is 14.7 Å². The number of methoxy groups -OCH3 is 1. The van der Waals surface area contributed by atoms with Crippen LogP contribution >= 0.6 is 0 Å². The molecule has 2 aliphatic heterocycles. The monoisotopic (exact) mass is 472 g/mol. The van der Waals surface area contributed by atoms with Gasteiger partial charge in [0, 0.05) is 49.8 Å². The summed E-state index contributed by atoms with van der Waals surface area (Å²) >= 11 is 0. The fraction of sp³-hybridized carbons (Fsp3) is 0.321. The first-order chi connectivity index (χ1) is 17.0. The maximum atomic E-state index is 12.4. The Kier molecular flexibility index (Phi) is 8.09. The van der Waals surface area contributed by atoms with Gasteiger partial charge in [-0.2, -0.15) is 0 Å². The SMILES string of the molecule is COC(=O)C(CC1=C(O)C(=O)CC=N1)c1ccc(C#Cc2ccc(CN3CCOCC3)cc2)cc1. The molecule has 0 aromatic heterocycles. The predicted molar refractivity (Wildman–Crippen MR) is 132 cm³/mol. The van der Waals surface area contributed by atoms with Crippen molar-refractivity contribution in [1.29, 1.82) is 0 Å². The van der Waals surface area contributed by atoms with E-state index < -0.39 is 17.7 Å². The lowest BCUT2D eigenvalue weighted by Gasteiger charge is -2.26. The molecule has 7 heteroatoms. The molecule has 1 fully saturated rings. The summed E-state index contributed by atoms with van der Waals surface area (Å²) in [5.74, 6) is 4.38. The Balaban J connectivity index is 1.43. The van der Waals surface area contributed by atoms with Gasteiger partial charge < -0.3 is 14.6 Å². The predicted octanol–water partition coefficient (Wildman–Crippen LogP) is 3.38. The van der Waals surface area contributed by atoms with Crippen molar-refractivity contribution < 1.29 is 24.2 Å². The molecule has 0 saturated carbocycles. The molecule has 4 rings (SSSR count). The van der Waals surface area contributed by atoms with E-state index in [1.165, 1.54) is 18.9 Å². The van der Waals surface area contributed by atoms with E-state index in [-0.39, 0.29) is 24.3 Å². The van der Waals surface area contributed by atoms with Crippen LogP contribution in [0, 0.1) is 11.8 Å². The summed E-state index contributed by atoms with van der Waals surface area (Å²) in [6.45, 7) is 4.40. The third-order valence-corrected chi connectivity index (χ3v) is 6.07. The summed E-state index contributed by atoms with van der Waals surface area (Å²) in [5, 5.41) is 10.0. The summed E-state index contributed by atoms with van der Waals surface area (Å²) in [5.41, 5.74) is 3.87. The van der Waals surface area contributed by atoms with Gasteiger partial charge in [-0.1, -0.05) is 36.1 Å². The number of hydrogen-bond donors (Lipinski definition) is 1. The first-order valence-corrected chi connectivity index (χ1v) is 11.6. The number of esters is 1. The van der Waals surface area contributed by atoms with Crippen molar-refractivity contribution in [1.82, 2.24) is 4.90 Å². The van der Waals surface area contributed by atoms with Gasteiger partial charge in [0.1, 0.15) is 0 Å². The lowest BCUT2D eigenvalue weighted by molar-refractivity contribution is -0.142. The number of ether oxygens (including phenoxy) is 2. The highest BCUT2D eigenvalue weighted by Crippen LogP contribution is 2.28. The number of carbonyl (C=O) groups is 2. The van der Waals surface area contributed by atoms with Crippen molar-refractivity contribution in [2.45, 2.75) is 25.3 Å². The minimum atomic E-state index is -0.693. The molecule has 0 bridgehead atoms. The van der Waals surface area contributed by atoms with E-state index in [4.69, 9.17) is 9.47 Å². The smallest absolute Gasteiger partial charge is 0.313 e. The summed E-state index contributed by atoms with van der Waals surface area (Å²) in [4.78, 5) is 30.7. The number of morpholine rings is 1. The van der Waals surface area contributed by atoms with E-state index in [0.717, 1.165) is 44.0 Å². The maximum absolute atomic E-state index is 12.4. The van der Waals surface area contributed by atoms with E-state index in [1.54, 1.807) is 0 Å². The second-order valence-electron chi connectivity index (χ2n) is 8.47. The van der Waals surface area contributed by atoms with Crippen LogP contribution in [0.2, 0.25) is 0 Å². The third-order valence-electron chi connectivity index (χ3n) is 6.07. The Morgan fingerprint density at radius 3 is 2.34 bits per heavy atom. The highest BCUT2D eigenvalue weighted by molar-refractivity contribution is 6.04. The number of aliphatic hydroxyl groups is 1. The number of benzene rings is 2. The molecule has 0 aliphatic carbocycles. The first kappa shape index (κ1) is 24.4. The fourth-order valence-electron chi connectivity index (χ4n) is 4.03. The number of ketones is 1. The number of aliphatic imine (C=N–C) groups is 1. The molecule has 35 heavy (non-hydrogen) atoms. The Bertz CT molecular complexity index is 1180. The van der Waals surface area contributed by atoms with Gasteiger partial charge in [-0.05, 0) is 35.4 Å². The molecular formula is C28H28N2O5. The molecule has 0 amide bonds. The molecule has 7 nitrogen and oxygen atoms in total. The first-order valence-electron chi connectivity index (χ1n) is 11.6. The molecule has 2 aromatic carbocycles. The molecule has 0 radical (unpaired) electrons. The van der Waals surface area contributed by atoms with Gasteiger partial charge in [0.15, 0.2) is 5.76 Å². The Hall–Kier alpha value is -3.73. The summed E-state index contributed by atoms with van der Waals surface area (Å²) < 4.78 is 10.3. The van der Waals surface area contributed by atoms with Crippen molar-refractivity contribution in [3.8, 4) is 11.8 Å². The lowest BCUT2D eigenvalue weighted by Crippen LogP contribution is -2.35. The minimum absolute atomic E-state index is 0.0577. The van der Waals surface area contributed by atoms with Crippen molar-refractivity contribution in [2.75, 3.05) is 33.4 Å². The number of carbonyl (C=O) groups excluding carboxylic acids is 2. The van der Waals surface area contributed by atoms with Crippen LogP contribution in [0.15, 0.2) is 65.0 Å². The van der Waals surface area contributed by atoms with Gasteiger partial charge in [0.2, 0.25) is 5.78 Å². The summed E-state index contributed by atoms with van der Waals surface area (Å²) in [7, 11) is 1.31. The number of allylic oxidation sites excluding steroid dienone is 2. The average Bonchev–Trinajstić information content (AvgIpc) is 2.90. The van der Waals surface area contributed by atoms with Gasteiger partial charge in [-0.25, -0.2) is 0 Å². The molecule has 1 atom stereocenters. The standard InChI is InChI=1S/C28H28N2O5/c1-34-28(33)24(18-25-27(32)26(31)12-13-29-25)23-10-8-21(9-11-23)3-2-20-4-6-22(7-5-20)19-30-14-16-35-17-15-30/h4-11,13,24,32H,12,14-19H2,1H3. The molecule has 2 aliphatic rings. The Labute approximate surface area is 205 Å². The zero-order valence-corrected chi connectivity index (χ0v) is 19.7. The second kappa shape index (κ2) is 11.6. The van der Waals surface area contributed by atoms with Crippen LogP contribution in [0.5, 0.6) is 0 Å². The van der Waals surface area contributed by atoms with Crippen LogP contribution in [0.1, 0.15) is 41.0 Å². The molecule has 2 aromatic rings. The molecule has 180 valence electrons. The highest BCUT2D eigenvalue weighted by atomic mass is 16.5. The number of Topliss-reactive ketones (excluding diaryl/α,β-unsaturated/α-hetero) is 1. The zero-order valence-electron chi connectivity index (χ0n) is 19.7. The molecule has 2 heterocycles. The van der Waals surface area contributed by atoms with Gasteiger partial charge in [-0.15, -0.1) is 0 Å². The van der Waals surface area contributed by atoms with Crippen LogP contribution in [0.25, 0.3) is 0 Å². The van der Waals surface area contributed by atoms with Crippen molar-refractivity contribution in [3.05, 3.63) is 82.2 Å². The van der Waals surface area contributed by atoms with Crippen LogP contribution < -0.4 is 0 Å². The van der Waals surface area contributed by atoms with E-state index in [1.807, 2.05) is 36.4 Å². The van der Waals surface area contributed by atoms with E-state index in [2.05, 4.69) is 33.9 Å². The van der Waals surface area contributed by atoms with Gasteiger partial charge >= 0.3 is 5.97 Å². The normalized spacial score (nSPS) is 17.0. The molecule has 0 spiro atoms. The minimum Gasteiger partial charge on any atom is -0.503 e. The molecular weight excluding hydrogens is 444 g/mol. The lowest BCUT2D eigenvalue weighted by atomic mass is 9.92. The molecule has 1 unspecified atom stereocenters.